The summed E-state index contributed by atoms with van der Waals surface area (Å²) in [6.45, 7) is 5.96. The lowest BCUT2D eigenvalue weighted by atomic mass is 9.99. The molecule has 1 unspecified atom stereocenters. The van der Waals surface area contributed by atoms with E-state index in [1.165, 1.54) is 28.7 Å². The third-order valence-electron chi connectivity index (χ3n) is 4.04. The van der Waals surface area contributed by atoms with Gasteiger partial charge in [0.1, 0.15) is 4.83 Å². The van der Waals surface area contributed by atoms with E-state index < -0.39 is 11.2 Å². The van der Waals surface area contributed by atoms with Crippen LogP contribution in [0.3, 0.4) is 0 Å². The number of thiophene rings is 1. The van der Waals surface area contributed by atoms with Crippen molar-refractivity contribution in [1.29, 1.82) is 0 Å². The van der Waals surface area contributed by atoms with Crippen LogP contribution in [0.15, 0.2) is 33.5 Å². The van der Waals surface area contributed by atoms with Crippen LogP contribution in [0, 0.1) is 13.8 Å². The zero-order valence-electron chi connectivity index (χ0n) is 14.3. The zero-order valence-corrected chi connectivity index (χ0v) is 15.9. The lowest BCUT2D eigenvalue weighted by Gasteiger charge is -2.09. The maximum Gasteiger partial charge on any atom is 0.260 e. The Bertz CT molecular complexity index is 1010. The van der Waals surface area contributed by atoms with E-state index in [0.717, 1.165) is 16.7 Å². The molecule has 0 saturated carbocycles. The van der Waals surface area contributed by atoms with Crippen LogP contribution in [0.1, 0.15) is 24.5 Å². The summed E-state index contributed by atoms with van der Waals surface area (Å²) in [6.07, 6.45) is 0.583. The number of aromatic nitrogens is 2. The largest absolute Gasteiger partial charge is 0.369 e. The number of H-pyrrole nitrogens is 1. The van der Waals surface area contributed by atoms with E-state index in [2.05, 4.69) is 16.0 Å². The van der Waals surface area contributed by atoms with E-state index in [9.17, 15) is 9.59 Å². The van der Waals surface area contributed by atoms with Crippen LogP contribution in [0.2, 0.25) is 0 Å². The molecule has 0 spiro atoms. The van der Waals surface area contributed by atoms with Gasteiger partial charge in [-0.1, -0.05) is 42.4 Å². The molecule has 0 bridgehead atoms. The molecule has 0 radical (unpaired) electrons. The molecule has 0 aliphatic carbocycles. The maximum atomic E-state index is 12.7. The number of carbonyl (C=O) groups excluding carboxylic acids is 1. The quantitative estimate of drug-likeness (QED) is 0.528. The molecule has 1 aromatic carbocycles. The summed E-state index contributed by atoms with van der Waals surface area (Å²) >= 11 is 2.63. The third kappa shape index (κ3) is 3.48. The Morgan fingerprint density at radius 3 is 2.76 bits per heavy atom. The van der Waals surface area contributed by atoms with Gasteiger partial charge < -0.3 is 10.7 Å². The Balaban J connectivity index is 2.08. The van der Waals surface area contributed by atoms with Crippen LogP contribution in [-0.2, 0) is 4.79 Å². The van der Waals surface area contributed by atoms with Crippen LogP contribution in [0.5, 0.6) is 0 Å². The minimum Gasteiger partial charge on any atom is -0.369 e. The normalized spacial score (nSPS) is 12.4. The highest BCUT2D eigenvalue weighted by molar-refractivity contribution is 8.00. The van der Waals surface area contributed by atoms with E-state index in [1.807, 2.05) is 38.3 Å². The van der Waals surface area contributed by atoms with E-state index >= 15 is 0 Å². The summed E-state index contributed by atoms with van der Waals surface area (Å²) in [6, 6.07) is 6.17. The number of nitrogens with zero attached hydrogens (tertiary/aromatic N) is 1. The van der Waals surface area contributed by atoms with Crippen molar-refractivity contribution >= 4 is 39.2 Å². The molecular weight excluding hydrogens is 354 g/mol. The van der Waals surface area contributed by atoms with Gasteiger partial charge in [-0.05, 0) is 31.4 Å². The fourth-order valence-corrected chi connectivity index (χ4v) is 4.62. The van der Waals surface area contributed by atoms with Gasteiger partial charge in [0.25, 0.3) is 5.56 Å². The van der Waals surface area contributed by atoms with Crippen LogP contribution >= 0.6 is 23.1 Å². The lowest BCUT2D eigenvalue weighted by Crippen LogP contribution is -2.25. The Hall–Kier alpha value is -2.12. The van der Waals surface area contributed by atoms with Crippen LogP contribution < -0.4 is 11.3 Å². The van der Waals surface area contributed by atoms with E-state index in [-0.39, 0.29) is 5.56 Å². The summed E-state index contributed by atoms with van der Waals surface area (Å²) in [7, 11) is 0. The number of benzene rings is 1. The van der Waals surface area contributed by atoms with E-state index in [0.29, 0.717) is 21.8 Å². The molecule has 2 aromatic heterocycles. The molecule has 1 atom stereocenters. The molecule has 25 heavy (non-hydrogen) atoms. The highest BCUT2D eigenvalue weighted by atomic mass is 32.2. The lowest BCUT2D eigenvalue weighted by molar-refractivity contribution is -0.117. The van der Waals surface area contributed by atoms with Gasteiger partial charge in [-0.3, -0.25) is 9.59 Å². The summed E-state index contributed by atoms with van der Waals surface area (Å²) in [4.78, 5) is 32.1. The SMILES string of the molecule is CCC(Sc1nc2scc(-c3ccc(C)cc3C)c2c(=O)[nH]1)C(N)=O. The Morgan fingerprint density at radius 1 is 1.36 bits per heavy atom. The first-order valence-electron chi connectivity index (χ1n) is 7.95. The van der Waals surface area contributed by atoms with E-state index in [4.69, 9.17) is 5.73 Å². The number of aromatic amines is 1. The van der Waals surface area contributed by atoms with Crippen molar-refractivity contribution < 1.29 is 4.79 Å². The minimum atomic E-state index is -0.405. The molecule has 3 N–H and O–H groups in total. The smallest absolute Gasteiger partial charge is 0.260 e. The molecular formula is C18H19N3O2S2. The maximum absolute atomic E-state index is 12.7. The molecule has 130 valence electrons. The van der Waals surface area contributed by atoms with Crippen LogP contribution in [0.4, 0.5) is 0 Å². The number of nitrogens with two attached hydrogens (primary N) is 1. The summed E-state index contributed by atoms with van der Waals surface area (Å²) in [5, 5.41) is 2.58. The van der Waals surface area contributed by atoms with Gasteiger partial charge in [-0.2, -0.15) is 0 Å². The summed E-state index contributed by atoms with van der Waals surface area (Å²) in [5.41, 5.74) is 9.42. The molecule has 5 nitrogen and oxygen atoms in total. The first kappa shape index (κ1) is 17.7. The van der Waals surface area contributed by atoms with Gasteiger partial charge in [0.05, 0.1) is 10.6 Å². The van der Waals surface area contributed by atoms with Gasteiger partial charge in [-0.25, -0.2) is 4.98 Å². The molecule has 3 rings (SSSR count). The van der Waals surface area contributed by atoms with Gasteiger partial charge in [-0.15, -0.1) is 11.3 Å². The second-order valence-corrected chi connectivity index (χ2v) is 7.99. The topological polar surface area (TPSA) is 88.8 Å². The highest BCUT2D eigenvalue weighted by Gasteiger charge is 2.19. The molecule has 0 aliphatic rings. The standard InChI is InChI=1S/C18H19N3O2S2/c1-4-13(15(19)22)25-18-20-16(23)14-12(8-24-17(14)21-18)11-6-5-9(2)7-10(11)3/h5-8,13H,4H2,1-3H3,(H2,19,22)(H,20,21,23). The molecule has 3 aromatic rings. The van der Waals surface area contributed by atoms with Crippen molar-refractivity contribution in [2.24, 2.45) is 5.73 Å². The Labute approximate surface area is 153 Å². The zero-order chi connectivity index (χ0) is 18.1. The number of carbonyl (C=O) groups is 1. The van der Waals surface area contributed by atoms with Gasteiger partial charge in [0.2, 0.25) is 5.91 Å². The van der Waals surface area contributed by atoms with Crippen LogP contribution in [-0.4, -0.2) is 21.1 Å². The number of primary amides is 1. The third-order valence-corrected chi connectivity index (χ3v) is 6.18. The molecule has 0 fully saturated rings. The fourth-order valence-electron chi connectivity index (χ4n) is 2.78. The second-order valence-electron chi connectivity index (χ2n) is 5.94. The fraction of sp³-hybridized carbons (Fsp3) is 0.278. The molecule has 0 saturated heterocycles. The predicted octanol–water partition coefficient (Wildman–Crippen LogP) is 3.62. The average Bonchev–Trinajstić information content (AvgIpc) is 2.96. The van der Waals surface area contributed by atoms with E-state index in [1.54, 1.807) is 0 Å². The first-order valence-corrected chi connectivity index (χ1v) is 9.71. The second kappa shape index (κ2) is 7.01. The number of rotatable bonds is 5. The van der Waals surface area contributed by atoms with Crippen molar-refractivity contribution in [2.75, 3.05) is 0 Å². The van der Waals surface area contributed by atoms with Crippen molar-refractivity contribution in [3.63, 3.8) is 0 Å². The van der Waals surface area contributed by atoms with Crippen molar-refractivity contribution in [3.8, 4) is 11.1 Å². The minimum absolute atomic E-state index is 0.192. The molecule has 2 heterocycles. The number of fused-ring (bicyclic) bond motifs is 1. The van der Waals surface area contributed by atoms with Crippen molar-refractivity contribution in [3.05, 3.63) is 45.1 Å². The monoisotopic (exact) mass is 373 g/mol. The Morgan fingerprint density at radius 2 is 2.12 bits per heavy atom. The van der Waals surface area contributed by atoms with Gasteiger partial charge >= 0.3 is 0 Å². The molecule has 0 aliphatic heterocycles. The van der Waals surface area contributed by atoms with Gasteiger partial charge in [0, 0.05) is 10.9 Å². The Kier molecular flexibility index (Phi) is 4.96. The number of nitrogens with one attached hydrogen (secondary N) is 1. The average molecular weight is 374 g/mol. The van der Waals surface area contributed by atoms with Crippen LogP contribution in [0.25, 0.3) is 21.3 Å². The highest BCUT2D eigenvalue weighted by Crippen LogP contribution is 2.34. The first-order chi connectivity index (χ1) is 11.9. The predicted molar refractivity (Wildman–Crippen MR) is 104 cm³/mol. The number of hydrogen-bond acceptors (Lipinski definition) is 5. The van der Waals surface area contributed by atoms with Crippen molar-refractivity contribution in [1.82, 2.24) is 9.97 Å². The number of amides is 1. The van der Waals surface area contributed by atoms with Gasteiger partial charge in [0.15, 0.2) is 5.16 Å². The molecule has 1 amide bonds. The summed E-state index contributed by atoms with van der Waals surface area (Å²) in [5.74, 6) is -0.405. The molecule has 7 heteroatoms. The number of thioether (sulfide) groups is 1. The number of hydrogen-bond donors (Lipinski definition) is 2. The number of aryl methyl sites for hydroxylation is 2. The van der Waals surface area contributed by atoms with Crippen molar-refractivity contribution in [2.45, 2.75) is 37.6 Å². The summed E-state index contributed by atoms with van der Waals surface area (Å²) < 4.78 is 0.